The normalized spacial score (nSPS) is 10.9. The van der Waals surface area contributed by atoms with Crippen molar-refractivity contribution in [1.82, 2.24) is 9.47 Å². The molecule has 0 saturated heterocycles. The molecule has 1 amide bonds. The van der Waals surface area contributed by atoms with Gasteiger partial charge in [0, 0.05) is 30.4 Å². The zero-order valence-corrected chi connectivity index (χ0v) is 18.0. The molecule has 8 heteroatoms. The molecule has 0 radical (unpaired) electrons. The number of nitriles is 1. The first-order valence-corrected chi connectivity index (χ1v) is 9.96. The summed E-state index contributed by atoms with van der Waals surface area (Å²) in [6.45, 7) is 4.04. The number of carbonyl (C=O) groups excluding carboxylic acids is 1. The average molecular weight is 440 g/mol. The van der Waals surface area contributed by atoms with Crippen LogP contribution in [0, 0.1) is 42.6 Å². The fourth-order valence-corrected chi connectivity index (χ4v) is 3.51. The lowest BCUT2D eigenvalue weighted by Crippen LogP contribution is -2.31. The topological polar surface area (TPSA) is 61.1 Å². The van der Waals surface area contributed by atoms with Crippen molar-refractivity contribution in [3.63, 3.8) is 0 Å². The van der Waals surface area contributed by atoms with Gasteiger partial charge in [0.15, 0.2) is 0 Å². The van der Waals surface area contributed by atoms with Gasteiger partial charge in [-0.3, -0.25) is 9.69 Å². The second-order valence-corrected chi connectivity index (χ2v) is 7.71. The van der Waals surface area contributed by atoms with Gasteiger partial charge in [0.2, 0.25) is 5.91 Å². The van der Waals surface area contributed by atoms with Gasteiger partial charge >= 0.3 is 0 Å². The number of amides is 1. The van der Waals surface area contributed by atoms with Crippen molar-refractivity contribution in [1.29, 1.82) is 5.26 Å². The number of halogens is 3. The summed E-state index contributed by atoms with van der Waals surface area (Å²) in [6, 6.07) is 11.4. The fraction of sp³-hybridized carbons (Fsp3) is 0.250. The number of benzene rings is 2. The number of aromatic nitrogens is 1. The fourth-order valence-electron chi connectivity index (χ4n) is 3.51. The summed E-state index contributed by atoms with van der Waals surface area (Å²) in [6.07, 6.45) is 0. The van der Waals surface area contributed by atoms with E-state index in [-0.39, 0.29) is 30.4 Å². The van der Waals surface area contributed by atoms with Crippen LogP contribution in [0.3, 0.4) is 0 Å². The maximum absolute atomic E-state index is 13.9. The van der Waals surface area contributed by atoms with E-state index in [9.17, 15) is 23.2 Å². The minimum Gasteiger partial charge on any atom is -0.326 e. The number of hydrogen-bond donors (Lipinski definition) is 1. The van der Waals surface area contributed by atoms with Gasteiger partial charge in [-0.05, 0) is 50.2 Å². The Morgan fingerprint density at radius 3 is 2.38 bits per heavy atom. The second kappa shape index (κ2) is 9.71. The van der Waals surface area contributed by atoms with Crippen molar-refractivity contribution in [3.8, 4) is 6.07 Å². The lowest BCUT2D eigenvalue weighted by atomic mass is 10.2. The van der Waals surface area contributed by atoms with Gasteiger partial charge in [0.1, 0.15) is 29.3 Å². The van der Waals surface area contributed by atoms with Crippen molar-refractivity contribution in [3.05, 3.63) is 87.9 Å². The predicted octanol–water partition coefficient (Wildman–Crippen LogP) is 4.51. The number of likely N-dealkylation sites (N-methyl/N-ethyl adjacent to an activating group) is 1. The molecule has 3 rings (SSSR count). The van der Waals surface area contributed by atoms with Crippen molar-refractivity contribution in [2.45, 2.75) is 26.9 Å². The number of nitrogens with one attached hydrogen (secondary N) is 1. The monoisotopic (exact) mass is 440 g/mol. The minimum absolute atomic E-state index is 0.0679. The quantitative estimate of drug-likeness (QED) is 0.588. The van der Waals surface area contributed by atoms with Gasteiger partial charge in [-0.15, -0.1) is 0 Å². The first-order valence-electron chi connectivity index (χ1n) is 9.96. The highest BCUT2D eigenvalue weighted by atomic mass is 19.1. The molecule has 0 spiro atoms. The summed E-state index contributed by atoms with van der Waals surface area (Å²) >= 11 is 0. The first-order chi connectivity index (χ1) is 15.2. The van der Waals surface area contributed by atoms with Gasteiger partial charge in [-0.25, -0.2) is 13.2 Å². The number of rotatable bonds is 7. The van der Waals surface area contributed by atoms with Crippen LogP contribution < -0.4 is 5.32 Å². The number of anilines is 1. The van der Waals surface area contributed by atoms with E-state index in [0.717, 1.165) is 22.9 Å². The van der Waals surface area contributed by atoms with E-state index >= 15 is 0 Å². The molecule has 1 aromatic heterocycles. The van der Waals surface area contributed by atoms with Gasteiger partial charge in [0.05, 0.1) is 12.1 Å². The van der Waals surface area contributed by atoms with E-state index in [2.05, 4.69) is 11.4 Å². The van der Waals surface area contributed by atoms with E-state index in [4.69, 9.17) is 0 Å². The molecule has 5 nitrogen and oxygen atoms in total. The summed E-state index contributed by atoms with van der Waals surface area (Å²) in [4.78, 5) is 14.3. The molecule has 0 aliphatic heterocycles. The Morgan fingerprint density at radius 2 is 1.75 bits per heavy atom. The van der Waals surface area contributed by atoms with Crippen LogP contribution in [0.5, 0.6) is 0 Å². The Labute approximate surface area is 184 Å². The Morgan fingerprint density at radius 1 is 1.09 bits per heavy atom. The molecule has 1 heterocycles. The molecule has 0 saturated carbocycles. The third kappa shape index (κ3) is 5.18. The lowest BCUT2D eigenvalue weighted by Gasteiger charge is -2.18. The van der Waals surface area contributed by atoms with Gasteiger partial charge in [0.25, 0.3) is 0 Å². The van der Waals surface area contributed by atoms with Crippen LogP contribution in [-0.4, -0.2) is 29.0 Å². The van der Waals surface area contributed by atoms with Gasteiger partial charge in [-0.2, -0.15) is 5.26 Å². The second-order valence-electron chi connectivity index (χ2n) is 7.71. The summed E-state index contributed by atoms with van der Waals surface area (Å²) in [7, 11) is 1.64. The van der Waals surface area contributed by atoms with Crippen molar-refractivity contribution in [2.24, 2.45) is 0 Å². The molecule has 0 aliphatic rings. The van der Waals surface area contributed by atoms with E-state index in [1.807, 2.05) is 6.92 Å². The minimum atomic E-state index is -0.677. The van der Waals surface area contributed by atoms with Crippen LogP contribution in [0.4, 0.5) is 19.0 Å². The SMILES string of the molecule is Cc1c(C#N)c(NC(=O)CN(C)Cc2ccc(F)cc2F)n(Cc2ccc(F)cc2)c1C. The highest BCUT2D eigenvalue weighted by molar-refractivity contribution is 5.93. The summed E-state index contributed by atoms with van der Waals surface area (Å²) < 4.78 is 42.0. The molecule has 0 bridgehead atoms. The van der Waals surface area contributed by atoms with Crippen molar-refractivity contribution < 1.29 is 18.0 Å². The molecule has 32 heavy (non-hydrogen) atoms. The van der Waals surface area contributed by atoms with E-state index in [1.165, 1.54) is 24.3 Å². The molecule has 3 aromatic rings. The van der Waals surface area contributed by atoms with Crippen molar-refractivity contribution >= 4 is 11.7 Å². The summed E-state index contributed by atoms with van der Waals surface area (Å²) in [5.74, 6) is -1.71. The van der Waals surface area contributed by atoms with Crippen LogP contribution in [0.2, 0.25) is 0 Å². The third-order valence-corrected chi connectivity index (χ3v) is 5.32. The van der Waals surface area contributed by atoms with Crippen LogP contribution in [0.15, 0.2) is 42.5 Å². The highest BCUT2D eigenvalue weighted by Gasteiger charge is 2.20. The summed E-state index contributed by atoms with van der Waals surface area (Å²) in [5, 5.41) is 12.4. The van der Waals surface area contributed by atoms with Gasteiger partial charge < -0.3 is 9.88 Å². The van der Waals surface area contributed by atoms with Gasteiger partial charge in [-0.1, -0.05) is 18.2 Å². The molecule has 166 valence electrons. The third-order valence-electron chi connectivity index (χ3n) is 5.32. The van der Waals surface area contributed by atoms with E-state index in [0.29, 0.717) is 17.9 Å². The summed E-state index contributed by atoms with van der Waals surface area (Å²) in [5.41, 5.74) is 2.99. The predicted molar refractivity (Wildman–Crippen MR) is 115 cm³/mol. The molecular weight excluding hydrogens is 417 g/mol. The Balaban J connectivity index is 1.78. The Hall–Kier alpha value is -3.57. The molecule has 0 aliphatic carbocycles. The molecule has 0 atom stereocenters. The molecular formula is C24H23F3N4O. The van der Waals surface area contributed by atoms with Crippen LogP contribution >= 0.6 is 0 Å². The lowest BCUT2D eigenvalue weighted by molar-refractivity contribution is -0.117. The zero-order chi connectivity index (χ0) is 23.4. The number of hydrogen-bond acceptors (Lipinski definition) is 3. The Kier molecular flexibility index (Phi) is 7.01. The zero-order valence-electron chi connectivity index (χ0n) is 18.0. The first kappa shape index (κ1) is 23.1. The maximum Gasteiger partial charge on any atom is 0.239 e. The average Bonchev–Trinajstić information content (AvgIpc) is 2.95. The smallest absolute Gasteiger partial charge is 0.239 e. The number of carbonyl (C=O) groups is 1. The van der Waals surface area contributed by atoms with Crippen LogP contribution in [0.25, 0.3) is 0 Å². The molecule has 0 fully saturated rings. The van der Waals surface area contributed by atoms with E-state index in [1.54, 1.807) is 35.6 Å². The number of nitrogens with zero attached hydrogens (tertiary/aromatic N) is 3. The van der Waals surface area contributed by atoms with Crippen LogP contribution in [-0.2, 0) is 17.9 Å². The molecule has 2 aromatic carbocycles. The van der Waals surface area contributed by atoms with E-state index < -0.39 is 11.6 Å². The maximum atomic E-state index is 13.9. The standard InChI is InChI=1S/C24H23F3N4O/c1-15-16(2)31(12-17-4-7-19(25)8-5-17)24(21(15)11-28)29-23(32)14-30(3)13-18-6-9-20(26)10-22(18)27/h4-10H,12-14H2,1-3H3,(H,29,32). The Bertz CT molecular complexity index is 1180. The highest BCUT2D eigenvalue weighted by Crippen LogP contribution is 2.27. The molecule has 0 unspecified atom stereocenters. The largest absolute Gasteiger partial charge is 0.326 e. The molecule has 1 N–H and O–H groups in total. The van der Waals surface area contributed by atoms with Crippen molar-refractivity contribution in [2.75, 3.05) is 18.9 Å². The van der Waals surface area contributed by atoms with Crippen LogP contribution in [0.1, 0.15) is 27.9 Å².